The molecule has 0 aliphatic rings. The van der Waals surface area contributed by atoms with Crippen molar-refractivity contribution in [3.8, 4) is 78.3 Å². The maximum Gasteiger partial charge on any atom is 3.00 e. The summed E-state index contributed by atoms with van der Waals surface area (Å²) in [5.41, 5.74) is 17.8. The van der Waals surface area contributed by atoms with Crippen LogP contribution in [0.25, 0.3) is 89.2 Å². The summed E-state index contributed by atoms with van der Waals surface area (Å²) in [5, 5.41) is 0.593. The van der Waals surface area contributed by atoms with Crippen molar-refractivity contribution in [3.05, 3.63) is 270 Å². The molecule has 0 spiro atoms. The summed E-state index contributed by atoms with van der Waals surface area (Å²) in [5.74, 6) is 0. The van der Waals surface area contributed by atoms with Gasteiger partial charge in [-0.1, -0.05) is 175 Å². The van der Waals surface area contributed by atoms with Gasteiger partial charge in [-0.2, -0.15) is 0 Å². The van der Waals surface area contributed by atoms with Crippen molar-refractivity contribution in [2.24, 2.45) is 0 Å². The van der Waals surface area contributed by atoms with Gasteiger partial charge in [-0.05, 0) is 113 Å². The first-order valence-corrected chi connectivity index (χ1v) is 23.8. The third-order valence-electron chi connectivity index (χ3n) is 13.1. The van der Waals surface area contributed by atoms with E-state index in [4.69, 9.17) is 17.3 Å². The van der Waals surface area contributed by atoms with E-state index in [2.05, 4.69) is 125 Å². The van der Waals surface area contributed by atoms with Crippen LogP contribution < -0.4 is 0 Å². The van der Waals surface area contributed by atoms with Gasteiger partial charge in [0.25, 0.3) is 0 Å². The molecule has 0 atom stereocenters. The molecule has 0 aliphatic heterocycles. The molecule has 11 aromatic rings. The number of aromatic nitrogens is 3. The van der Waals surface area contributed by atoms with Gasteiger partial charge in [0.1, 0.15) is 0 Å². The maximum absolute atomic E-state index is 8.48. The Balaban J connectivity index is 0.00000736. The Hall–Kier alpha value is -7.88. The Morgan fingerprint density at radius 3 is 1.75 bits per heavy atom. The predicted molar refractivity (Wildman–Crippen MR) is 294 cm³/mol. The number of para-hydroxylation sites is 1. The van der Waals surface area contributed by atoms with Crippen molar-refractivity contribution >= 4 is 10.9 Å². The first-order valence-electron chi connectivity index (χ1n) is 28.3. The molecule has 11 rings (SSSR count). The van der Waals surface area contributed by atoms with E-state index in [1.807, 2.05) is 66.7 Å². The quantitative estimate of drug-likeness (QED) is 0.108. The largest absolute Gasteiger partial charge is 3.00 e. The van der Waals surface area contributed by atoms with E-state index < -0.39 is 20.6 Å². The second-order valence-electron chi connectivity index (χ2n) is 17.9. The van der Waals surface area contributed by atoms with Crippen LogP contribution in [0.2, 0.25) is 0 Å². The zero-order chi connectivity index (χ0) is 55.6. The van der Waals surface area contributed by atoms with Crippen LogP contribution in [0.4, 0.5) is 0 Å². The molecule has 3 aromatic heterocycles. The van der Waals surface area contributed by atoms with Crippen molar-refractivity contribution in [1.29, 1.82) is 0 Å². The van der Waals surface area contributed by atoms with Gasteiger partial charge in [0.05, 0.1) is 5.52 Å². The molecule has 72 heavy (non-hydrogen) atoms. The summed E-state index contributed by atoms with van der Waals surface area (Å²) in [6, 6.07) is 76.0. The molecule has 4 heteroatoms. The van der Waals surface area contributed by atoms with Crippen LogP contribution in [0, 0.1) is 38.8 Å². The summed E-state index contributed by atoms with van der Waals surface area (Å²) in [6.45, 7) is -6.83. The fourth-order valence-corrected chi connectivity index (χ4v) is 9.32. The summed E-state index contributed by atoms with van der Waals surface area (Å²) in [4.78, 5) is 13.9. The second kappa shape index (κ2) is 21.6. The number of hydrogen-bond donors (Lipinski definition) is 0. The van der Waals surface area contributed by atoms with Crippen LogP contribution in [0.3, 0.4) is 0 Å². The smallest absolute Gasteiger partial charge is 0.305 e. The van der Waals surface area contributed by atoms with Crippen molar-refractivity contribution in [3.63, 3.8) is 0 Å². The molecular formula is C68H52IrN3. The van der Waals surface area contributed by atoms with Crippen LogP contribution in [0.1, 0.15) is 51.3 Å². The van der Waals surface area contributed by atoms with Gasteiger partial charge in [-0.3, -0.25) is 4.98 Å². The molecule has 348 valence electrons. The first kappa shape index (κ1) is 37.9. The van der Waals surface area contributed by atoms with E-state index in [0.717, 1.165) is 104 Å². The minimum absolute atomic E-state index is 0. The Morgan fingerprint density at radius 1 is 0.403 bits per heavy atom. The Bertz CT molecular complexity index is 3990. The van der Waals surface area contributed by atoms with Crippen molar-refractivity contribution in [2.45, 2.75) is 46.2 Å². The molecule has 0 radical (unpaired) electrons. The van der Waals surface area contributed by atoms with Crippen molar-refractivity contribution in [1.82, 2.24) is 15.0 Å². The Labute approximate surface area is 450 Å². The number of hydrogen-bond acceptors (Lipinski definition) is 3. The zero-order valence-corrected chi connectivity index (χ0v) is 41.6. The van der Waals surface area contributed by atoms with Crippen LogP contribution in [-0.4, -0.2) is 15.0 Å². The number of nitrogens with zero attached hydrogens (tertiary/aromatic N) is 3. The van der Waals surface area contributed by atoms with E-state index >= 15 is 0 Å². The number of benzene rings is 8. The summed E-state index contributed by atoms with van der Waals surface area (Å²) in [7, 11) is 0. The van der Waals surface area contributed by atoms with E-state index in [-0.39, 0.29) is 36.8 Å². The van der Waals surface area contributed by atoms with Crippen LogP contribution >= 0.6 is 0 Å². The third kappa shape index (κ3) is 10.7. The van der Waals surface area contributed by atoms with E-state index in [1.165, 1.54) is 18.5 Å². The standard InChI is InChI=1S/C68H52N3.Ir/c1-46-37-38-69-67(39-46)57-28-24-50(25-29-57)19-21-52-41-51(20-18-49-22-26-56(27-23-49)65-36-17-47(2)45-70-65)42-59(43-52)61-14-7-8-15-62(61)63-35-34-58(68-40-48(3)60-13-9-10-16-66(60)71-68)44-64(63)55-32-30-54(31-33-55)53-11-5-4-6-12-53;/h4-17,22-26,28,30-33,35-45H,18-21H2,1-3H3;/q-3;+3/i1D3,2D3,3D3;. The summed E-state index contributed by atoms with van der Waals surface area (Å²) in [6.07, 6.45) is 5.88. The molecule has 0 saturated heterocycles. The van der Waals surface area contributed by atoms with Gasteiger partial charge >= 0.3 is 20.1 Å². The number of rotatable bonds is 13. The van der Waals surface area contributed by atoms with Gasteiger partial charge < -0.3 is 9.97 Å². The molecule has 3 heterocycles. The second-order valence-corrected chi connectivity index (χ2v) is 17.9. The zero-order valence-electron chi connectivity index (χ0n) is 48.2. The molecule has 0 unspecified atom stereocenters. The molecule has 0 fully saturated rings. The fraction of sp³-hybridized carbons (Fsp3) is 0.103. The predicted octanol–water partition coefficient (Wildman–Crippen LogP) is 16.6. The molecule has 0 N–H and O–H groups in total. The van der Waals surface area contributed by atoms with Crippen LogP contribution in [0.15, 0.2) is 213 Å². The van der Waals surface area contributed by atoms with Gasteiger partial charge in [0.2, 0.25) is 0 Å². The third-order valence-corrected chi connectivity index (χ3v) is 13.1. The van der Waals surface area contributed by atoms with E-state index in [9.17, 15) is 0 Å². The average molecular weight is 1110 g/mol. The average Bonchev–Trinajstić information content (AvgIpc) is 3.50. The van der Waals surface area contributed by atoms with E-state index in [1.54, 1.807) is 30.3 Å². The fourth-order valence-electron chi connectivity index (χ4n) is 9.32. The van der Waals surface area contributed by atoms with Crippen molar-refractivity contribution in [2.75, 3.05) is 0 Å². The molecule has 3 nitrogen and oxygen atoms in total. The molecule has 0 saturated carbocycles. The van der Waals surface area contributed by atoms with Crippen molar-refractivity contribution < 1.29 is 32.4 Å². The minimum Gasteiger partial charge on any atom is -0.305 e. The summed E-state index contributed by atoms with van der Waals surface area (Å²) < 4.78 is 72.3. The Morgan fingerprint density at radius 2 is 1.06 bits per heavy atom. The van der Waals surface area contributed by atoms with Gasteiger partial charge in [-0.25, -0.2) is 0 Å². The number of fused-ring (bicyclic) bond motifs is 1. The molecule has 8 aromatic carbocycles. The normalized spacial score (nSPS) is 13.5. The summed E-state index contributed by atoms with van der Waals surface area (Å²) >= 11 is 0. The van der Waals surface area contributed by atoms with Gasteiger partial charge in [0.15, 0.2) is 0 Å². The molecule has 0 amide bonds. The van der Waals surface area contributed by atoms with Crippen LogP contribution in [0.5, 0.6) is 0 Å². The van der Waals surface area contributed by atoms with Gasteiger partial charge in [0, 0.05) is 30.1 Å². The SMILES string of the molecule is [2H]C([2H])([2H])c1ccc(-c2[c-]cc(CCc3cc(CCc4c[c-]c(-c5cc(C([2H])([2H])[2H])ccn5)cc4)cc(-c4ccccc4-c4c[c-]c(-c5cc(C([2H])([2H])[2H])c6ccccc6n5)cc4-c4ccc(-c5ccccc5)cc4)c3)cc2)nc1.[Ir+3]. The minimum atomic E-state index is -2.36. The maximum atomic E-state index is 8.48. The monoisotopic (exact) mass is 1110 g/mol. The first-order chi connectivity index (χ1) is 38.5. The van der Waals surface area contributed by atoms with E-state index in [0.29, 0.717) is 33.5 Å². The molecular weight excluding hydrogens is 1050 g/mol. The number of aryl methyl sites for hydroxylation is 7. The number of pyridine rings is 3. The topological polar surface area (TPSA) is 38.7 Å². The van der Waals surface area contributed by atoms with Crippen LogP contribution in [-0.2, 0) is 45.8 Å². The molecule has 0 aliphatic carbocycles. The molecule has 0 bridgehead atoms. The Kier molecular flexibility index (Phi) is 11.4. The van der Waals surface area contributed by atoms with Gasteiger partial charge in [-0.15, -0.1) is 94.5 Å².